The number of sulfone groups is 1. The predicted molar refractivity (Wildman–Crippen MR) is 81.5 cm³/mol. The molecule has 0 aliphatic heterocycles. The fourth-order valence-electron chi connectivity index (χ4n) is 1.99. The smallest absolute Gasteiger partial charge is 0.154 e. The second-order valence-corrected chi connectivity index (χ2v) is 8.41. The highest BCUT2D eigenvalue weighted by Crippen LogP contribution is 2.26. The molecule has 0 aliphatic rings. The minimum atomic E-state index is -3.28. The Hall–Kier alpha value is -0.650. The molecular formula is C14H21ClFNO2S. The van der Waals surface area contributed by atoms with Crippen molar-refractivity contribution < 1.29 is 12.8 Å². The van der Waals surface area contributed by atoms with Gasteiger partial charge in [-0.15, -0.1) is 0 Å². The summed E-state index contributed by atoms with van der Waals surface area (Å²) in [5.41, 5.74) is 0.417. The minimum Gasteiger partial charge on any atom is -0.312 e. The van der Waals surface area contributed by atoms with E-state index in [1.165, 1.54) is 12.3 Å². The van der Waals surface area contributed by atoms with Crippen molar-refractivity contribution in [3.8, 4) is 0 Å². The zero-order valence-corrected chi connectivity index (χ0v) is 13.8. The van der Waals surface area contributed by atoms with E-state index in [4.69, 9.17) is 11.6 Å². The predicted octanol–water partition coefficient (Wildman–Crippen LogP) is 2.82. The van der Waals surface area contributed by atoms with Crippen LogP contribution in [0.4, 0.5) is 4.39 Å². The fraction of sp³-hybridized carbons (Fsp3) is 0.571. The van der Waals surface area contributed by atoms with Crippen LogP contribution in [0, 0.1) is 5.82 Å². The van der Waals surface area contributed by atoms with Gasteiger partial charge in [-0.3, -0.25) is 0 Å². The molecule has 1 atom stereocenters. The molecule has 0 aromatic heterocycles. The van der Waals surface area contributed by atoms with Crippen molar-refractivity contribution in [1.82, 2.24) is 5.32 Å². The Bertz CT molecular complexity index is 573. The first kappa shape index (κ1) is 17.4. The van der Waals surface area contributed by atoms with Crippen molar-refractivity contribution in [2.75, 3.05) is 12.8 Å². The van der Waals surface area contributed by atoms with E-state index < -0.39 is 26.4 Å². The lowest BCUT2D eigenvalue weighted by Crippen LogP contribution is -2.52. The van der Waals surface area contributed by atoms with Crippen LogP contribution in [0.2, 0.25) is 5.02 Å². The second kappa shape index (κ2) is 6.41. The molecule has 0 fully saturated rings. The third kappa shape index (κ3) is 3.71. The van der Waals surface area contributed by atoms with Gasteiger partial charge < -0.3 is 5.32 Å². The van der Waals surface area contributed by atoms with Crippen LogP contribution in [-0.4, -0.2) is 32.0 Å². The van der Waals surface area contributed by atoms with E-state index >= 15 is 0 Å². The molecule has 1 N–H and O–H groups in total. The molecule has 1 rings (SSSR count). The molecule has 0 aliphatic carbocycles. The first-order valence-corrected chi connectivity index (χ1v) is 8.74. The van der Waals surface area contributed by atoms with Crippen LogP contribution in [0.5, 0.6) is 0 Å². The number of halogens is 2. The molecule has 0 saturated carbocycles. The monoisotopic (exact) mass is 321 g/mol. The summed E-state index contributed by atoms with van der Waals surface area (Å²) in [7, 11) is -3.28. The van der Waals surface area contributed by atoms with E-state index in [9.17, 15) is 12.8 Å². The molecule has 0 amide bonds. The number of likely N-dealkylation sites (N-methyl/N-ethyl adjacent to an activating group) is 1. The molecule has 114 valence electrons. The average Bonchev–Trinajstić information content (AvgIpc) is 2.32. The van der Waals surface area contributed by atoms with Gasteiger partial charge in [0.15, 0.2) is 9.84 Å². The Labute approximate surface area is 125 Å². The zero-order chi connectivity index (χ0) is 15.6. The van der Waals surface area contributed by atoms with E-state index in [1.54, 1.807) is 26.0 Å². The number of benzene rings is 1. The van der Waals surface area contributed by atoms with Gasteiger partial charge in [0, 0.05) is 12.3 Å². The summed E-state index contributed by atoms with van der Waals surface area (Å²) >= 11 is 5.76. The van der Waals surface area contributed by atoms with Gasteiger partial charge >= 0.3 is 0 Å². The van der Waals surface area contributed by atoms with E-state index in [2.05, 4.69) is 5.32 Å². The van der Waals surface area contributed by atoms with Crippen molar-refractivity contribution in [3.05, 3.63) is 34.6 Å². The molecule has 1 aromatic rings. The van der Waals surface area contributed by atoms with Gasteiger partial charge in [0.2, 0.25) is 0 Å². The highest BCUT2D eigenvalue weighted by molar-refractivity contribution is 7.92. The summed E-state index contributed by atoms with van der Waals surface area (Å²) in [6, 6.07) is 4.38. The fourth-order valence-corrected chi connectivity index (χ4v) is 2.87. The highest BCUT2D eigenvalue weighted by Gasteiger charge is 2.38. The Morgan fingerprint density at radius 3 is 2.50 bits per heavy atom. The lowest BCUT2D eigenvalue weighted by atomic mass is 9.95. The minimum absolute atomic E-state index is 0.0508. The van der Waals surface area contributed by atoms with Crippen LogP contribution in [0.3, 0.4) is 0 Å². The second-order valence-electron chi connectivity index (χ2n) is 5.40. The van der Waals surface area contributed by atoms with Crippen LogP contribution in [0.15, 0.2) is 18.2 Å². The maximum Gasteiger partial charge on any atom is 0.154 e. The lowest BCUT2D eigenvalue weighted by Gasteiger charge is -2.33. The highest BCUT2D eigenvalue weighted by atomic mass is 35.5. The first-order valence-electron chi connectivity index (χ1n) is 6.47. The normalized spacial score (nSPS) is 14.3. The van der Waals surface area contributed by atoms with Crippen molar-refractivity contribution in [1.29, 1.82) is 0 Å². The van der Waals surface area contributed by atoms with E-state index in [0.29, 0.717) is 12.1 Å². The first-order chi connectivity index (χ1) is 9.11. The molecule has 1 aromatic carbocycles. The number of rotatable bonds is 6. The molecule has 0 spiro atoms. The summed E-state index contributed by atoms with van der Waals surface area (Å²) in [5, 5.41) is 3.19. The molecule has 3 nitrogen and oxygen atoms in total. The summed E-state index contributed by atoms with van der Waals surface area (Å²) < 4.78 is 36.9. The van der Waals surface area contributed by atoms with Gasteiger partial charge in [0.05, 0.1) is 9.77 Å². The summed E-state index contributed by atoms with van der Waals surface area (Å²) in [4.78, 5) is 0. The summed E-state index contributed by atoms with van der Waals surface area (Å²) in [6.45, 7) is 5.79. The van der Waals surface area contributed by atoms with Crippen LogP contribution in [0.25, 0.3) is 0 Å². The quantitative estimate of drug-likeness (QED) is 0.876. The van der Waals surface area contributed by atoms with Crippen LogP contribution in [0.1, 0.15) is 26.3 Å². The van der Waals surface area contributed by atoms with Crippen molar-refractivity contribution in [3.63, 3.8) is 0 Å². The molecule has 0 bridgehead atoms. The van der Waals surface area contributed by atoms with Crippen molar-refractivity contribution in [2.24, 2.45) is 0 Å². The van der Waals surface area contributed by atoms with Gasteiger partial charge in [-0.1, -0.05) is 30.7 Å². The van der Waals surface area contributed by atoms with E-state index in [-0.39, 0.29) is 11.4 Å². The Morgan fingerprint density at radius 2 is 2.00 bits per heavy atom. The maximum absolute atomic E-state index is 14.0. The molecule has 6 heteroatoms. The standard InChI is InChI=1S/C14H21ClFNO2S/c1-5-17-12(14(2,3)20(4,18)19)9-10-7-6-8-11(15)13(10)16/h6-8,12,17H,5,9H2,1-4H3. The van der Waals surface area contributed by atoms with Crippen LogP contribution >= 0.6 is 11.6 Å². The van der Waals surface area contributed by atoms with Gasteiger partial charge in [0.25, 0.3) is 0 Å². The van der Waals surface area contributed by atoms with Crippen LogP contribution < -0.4 is 5.32 Å². The molecule has 1 unspecified atom stereocenters. The molecule has 20 heavy (non-hydrogen) atoms. The Balaban J connectivity index is 3.14. The van der Waals surface area contributed by atoms with Gasteiger partial charge in [-0.05, 0) is 38.4 Å². The molecule has 0 heterocycles. The van der Waals surface area contributed by atoms with Gasteiger partial charge in [-0.2, -0.15) is 0 Å². The summed E-state index contributed by atoms with van der Waals surface area (Å²) in [5.74, 6) is -0.485. The maximum atomic E-state index is 14.0. The van der Waals surface area contributed by atoms with E-state index in [0.717, 1.165) is 0 Å². The molecule has 0 saturated heterocycles. The third-order valence-electron chi connectivity index (χ3n) is 3.70. The SMILES string of the molecule is CCNC(Cc1cccc(Cl)c1F)C(C)(C)S(C)(=O)=O. The summed E-state index contributed by atoms with van der Waals surface area (Å²) in [6.07, 6.45) is 1.46. The third-order valence-corrected chi connectivity index (χ3v) is 6.19. The number of hydrogen-bond acceptors (Lipinski definition) is 3. The average molecular weight is 322 g/mol. The molecule has 0 radical (unpaired) electrons. The largest absolute Gasteiger partial charge is 0.312 e. The zero-order valence-electron chi connectivity index (χ0n) is 12.2. The van der Waals surface area contributed by atoms with Gasteiger partial charge in [-0.25, -0.2) is 12.8 Å². The van der Waals surface area contributed by atoms with Crippen LogP contribution in [-0.2, 0) is 16.3 Å². The van der Waals surface area contributed by atoms with E-state index in [1.807, 2.05) is 6.92 Å². The Kier molecular flexibility index (Phi) is 5.58. The number of nitrogens with one attached hydrogen (secondary N) is 1. The topological polar surface area (TPSA) is 46.2 Å². The van der Waals surface area contributed by atoms with Gasteiger partial charge in [0.1, 0.15) is 5.82 Å². The molecular weight excluding hydrogens is 301 g/mol. The number of hydrogen-bond donors (Lipinski definition) is 1. The van der Waals surface area contributed by atoms with Crippen molar-refractivity contribution >= 4 is 21.4 Å². The lowest BCUT2D eigenvalue weighted by molar-refractivity contribution is 0.408. The Morgan fingerprint density at radius 1 is 1.40 bits per heavy atom. The van der Waals surface area contributed by atoms with Crippen molar-refractivity contribution in [2.45, 2.75) is 38.0 Å².